The molecule has 0 aliphatic rings. The summed E-state index contributed by atoms with van der Waals surface area (Å²) in [7, 11) is 0. The number of para-hydroxylation sites is 1. The first-order valence-electron chi connectivity index (χ1n) is 6.04. The van der Waals surface area contributed by atoms with Crippen LogP contribution >= 0.6 is 0 Å². The summed E-state index contributed by atoms with van der Waals surface area (Å²) < 4.78 is 0. The molecule has 1 N–H and O–H groups in total. The van der Waals surface area contributed by atoms with Crippen molar-refractivity contribution in [2.75, 3.05) is 0 Å². The highest BCUT2D eigenvalue weighted by Crippen LogP contribution is 2.30. The fourth-order valence-electron chi connectivity index (χ4n) is 2.35. The van der Waals surface area contributed by atoms with Crippen molar-refractivity contribution in [1.82, 2.24) is 15.2 Å². The Morgan fingerprint density at radius 3 is 2.61 bits per heavy atom. The molecule has 2 aromatic heterocycles. The van der Waals surface area contributed by atoms with E-state index in [1.165, 1.54) is 16.5 Å². The van der Waals surface area contributed by atoms with Gasteiger partial charge in [0.2, 0.25) is 0 Å². The van der Waals surface area contributed by atoms with E-state index in [-0.39, 0.29) is 0 Å². The molecular formula is C15H15N3. The molecule has 0 fully saturated rings. The lowest BCUT2D eigenvalue weighted by Gasteiger charge is -2.09. The minimum Gasteiger partial charge on any atom is -0.278 e. The molecule has 3 nitrogen and oxygen atoms in total. The van der Waals surface area contributed by atoms with E-state index in [1.54, 1.807) is 0 Å². The first-order chi connectivity index (χ1) is 8.66. The van der Waals surface area contributed by atoms with Gasteiger partial charge < -0.3 is 0 Å². The number of nitrogens with one attached hydrogen (secondary N) is 1. The van der Waals surface area contributed by atoms with Crippen molar-refractivity contribution in [2.24, 2.45) is 0 Å². The summed E-state index contributed by atoms with van der Waals surface area (Å²) in [6, 6.07) is 8.40. The molecule has 0 saturated heterocycles. The Labute approximate surface area is 106 Å². The molecule has 3 rings (SSSR count). The monoisotopic (exact) mass is 237 g/mol. The van der Waals surface area contributed by atoms with Gasteiger partial charge in [0, 0.05) is 16.6 Å². The number of hydrogen-bond acceptors (Lipinski definition) is 2. The third-order valence-electron chi connectivity index (χ3n) is 3.27. The Morgan fingerprint density at radius 1 is 1.06 bits per heavy atom. The van der Waals surface area contributed by atoms with Gasteiger partial charge >= 0.3 is 0 Å². The molecule has 0 bridgehead atoms. The molecule has 0 aliphatic heterocycles. The molecule has 0 radical (unpaired) electrons. The topological polar surface area (TPSA) is 41.6 Å². The number of benzene rings is 1. The Bertz CT molecular complexity index is 726. The van der Waals surface area contributed by atoms with Gasteiger partial charge in [0.25, 0.3) is 0 Å². The van der Waals surface area contributed by atoms with E-state index in [9.17, 15) is 0 Å². The number of rotatable bonds is 1. The quantitative estimate of drug-likeness (QED) is 0.703. The highest BCUT2D eigenvalue weighted by molar-refractivity contribution is 5.95. The molecular weight excluding hydrogens is 222 g/mol. The van der Waals surface area contributed by atoms with Crippen LogP contribution in [0.4, 0.5) is 0 Å². The number of hydrogen-bond donors (Lipinski definition) is 1. The van der Waals surface area contributed by atoms with Gasteiger partial charge in [0.1, 0.15) is 0 Å². The zero-order valence-electron chi connectivity index (χ0n) is 10.8. The minimum atomic E-state index is 1.03. The maximum Gasteiger partial charge on any atom is 0.0741 e. The molecule has 0 amide bonds. The van der Waals surface area contributed by atoms with Crippen LogP contribution in [-0.4, -0.2) is 15.2 Å². The molecule has 90 valence electrons. The van der Waals surface area contributed by atoms with E-state index < -0.39 is 0 Å². The van der Waals surface area contributed by atoms with E-state index >= 15 is 0 Å². The van der Waals surface area contributed by atoms with Crippen LogP contribution in [0.3, 0.4) is 0 Å². The SMILES string of the molecule is Cc1cc(-c2[nH]ncc2C)c2cccc(C)c2n1. The Hall–Kier alpha value is -2.16. The Kier molecular flexibility index (Phi) is 2.40. The highest BCUT2D eigenvalue weighted by atomic mass is 15.1. The van der Waals surface area contributed by atoms with Crippen LogP contribution in [0.15, 0.2) is 30.5 Å². The molecule has 0 atom stereocenters. The summed E-state index contributed by atoms with van der Waals surface area (Å²) in [5, 5.41) is 8.37. The van der Waals surface area contributed by atoms with Crippen molar-refractivity contribution < 1.29 is 0 Å². The summed E-state index contributed by atoms with van der Waals surface area (Å²) in [5.74, 6) is 0. The predicted octanol–water partition coefficient (Wildman–Crippen LogP) is 3.55. The maximum absolute atomic E-state index is 4.64. The first-order valence-corrected chi connectivity index (χ1v) is 6.04. The fourth-order valence-corrected chi connectivity index (χ4v) is 2.35. The molecule has 2 heterocycles. The van der Waals surface area contributed by atoms with Gasteiger partial charge in [-0.2, -0.15) is 5.10 Å². The van der Waals surface area contributed by atoms with Crippen LogP contribution in [0, 0.1) is 20.8 Å². The van der Waals surface area contributed by atoms with E-state index in [0.717, 1.165) is 22.5 Å². The van der Waals surface area contributed by atoms with E-state index in [2.05, 4.69) is 53.3 Å². The van der Waals surface area contributed by atoms with Crippen molar-refractivity contribution in [3.05, 3.63) is 47.3 Å². The number of H-pyrrole nitrogens is 1. The largest absolute Gasteiger partial charge is 0.278 e. The van der Waals surface area contributed by atoms with Gasteiger partial charge in [0.15, 0.2) is 0 Å². The maximum atomic E-state index is 4.64. The van der Waals surface area contributed by atoms with Crippen LogP contribution in [0.2, 0.25) is 0 Å². The number of pyridine rings is 1. The van der Waals surface area contributed by atoms with Crippen LogP contribution < -0.4 is 0 Å². The number of fused-ring (bicyclic) bond motifs is 1. The Morgan fingerprint density at radius 2 is 1.89 bits per heavy atom. The molecule has 0 saturated carbocycles. The van der Waals surface area contributed by atoms with Gasteiger partial charge in [-0.15, -0.1) is 0 Å². The smallest absolute Gasteiger partial charge is 0.0741 e. The fraction of sp³-hybridized carbons (Fsp3) is 0.200. The highest BCUT2D eigenvalue weighted by Gasteiger charge is 2.11. The normalized spacial score (nSPS) is 11.1. The number of aryl methyl sites for hydroxylation is 3. The molecule has 0 unspecified atom stereocenters. The standard InChI is InChI=1S/C15H15N3/c1-9-5-4-6-12-13(7-11(3)17-14(9)12)15-10(2)8-16-18-15/h4-8H,1-3H3,(H,16,18). The Balaban J connectivity index is 2.43. The first kappa shape index (κ1) is 11.0. The van der Waals surface area contributed by atoms with Crippen molar-refractivity contribution in [2.45, 2.75) is 20.8 Å². The summed E-state index contributed by atoms with van der Waals surface area (Å²) >= 11 is 0. The van der Waals surface area contributed by atoms with E-state index in [1.807, 2.05) is 13.1 Å². The zero-order chi connectivity index (χ0) is 12.7. The van der Waals surface area contributed by atoms with Gasteiger partial charge in [-0.3, -0.25) is 10.1 Å². The predicted molar refractivity (Wildman–Crippen MR) is 73.5 cm³/mol. The third-order valence-corrected chi connectivity index (χ3v) is 3.27. The number of nitrogens with zero attached hydrogens (tertiary/aromatic N) is 2. The second kappa shape index (κ2) is 3.95. The van der Waals surface area contributed by atoms with Crippen LogP contribution in [0.5, 0.6) is 0 Å². The lowest BCUT2D eigenvalue weighted by atomic mass is 10.0. The molecule has 3 heteroatoms. The van der Waals surface area contributed by atoms with Gasteiger partial charge in [-0.25, -0.2) is 0 Å². The molecule has 0 aliphatic carbocycles. The summed E-state index contributed by atoms with van der Waals surface area (Å²) in [6.45, 7) is 6.19. The van der Waals surface area contributed by atoms with Crippen molar-refractivity contribution >= 4 is 10.9 Å². The van der Waals surface area contributed by atoms with Gasteiger partial charge in [0.05, 0.1) is 17.4 Å². The van der Waals surface area contributed by atoms with Crippen molar-refractivity contribution in [3.63, 3.8) is 0 Å². The molecule has 1 aromatic carbocycles. The molecule has 3 aromatic rings. The molecule has 0 spiro atoms. The number of aromatic nitrogens is 3. The van der Waals surface area contributed by atoms with Crippen molar-refractivity contribution in [3.8, 4) is 11.3 Å². The third kappa shape index (κ3) is 1.59. The van der Waals surface area contributed by atoms with E-state index in [4.69, 9.17) is 0 Å². The number of aromatic amines is 1. The van der Waals surface area contributed by atoms with Gasteiger partial charge in [-0.05, 0) is 38.0 Å². The zero-order valence-corrected chi connectivity index (χ0v) is 10.8. The van der Waals surface area contributed by atoms with Crippen LogP contribution in [-0.2, 0) is 0 Å². The van der Waals surface area contributed by atoms with Gasteiger partial charge in [-0.1, -0.05) is 18.2 Å². The molecule has 18 heavy (non-hydrogen) atoms. The summed E-state index contributed by atoms with van der Waals surface area (Å²) in [6.07, 6.45) is 1.85. The lowest BCUT2D eigenvalue weighted by molar-refractivity contribution is 1.09. The summed E-state index contributed by atoms with van der Waals surface area (Å²) in [5.41, 5.74) is 6.72. The lowest BCUT2D eigenvalue weighted by Crippen LogP contribution is -1.92. The second-order valence-electron chi connectivity index (χ2n) is 4.71. The average molecular weight is 237 g/mol. The van der Waals surface area contributed by atoms with Crippen molar-refractivity contribution in [1.29, 1.82) is 0 Å². The second-order valence-corrected chi connectivity index (χ2v) is 4.71. The van der Waals surface area contributed by atoms with E-state index in [0.29, 0.717) is 0 Å². The van der Waals surface area contributed by atoms with Crippen LogP contribution in [0.1, 0.15) is 16.8 Å². The average Bonchev–Trinajstić information content (AvgIpc) is 2.76. The minimum absolute atomic E-state index is 1.03. The van der Waals surface area contributed by atoms with Crippen LogP contribution in [0.25, 0.3) is 22.2 Å². The summed E-state index contributed by atoms with van der Waals surface area (Å²) in [4.78, 5) is 4.64.